The van der Waals surface area contributed by atoms with Crippen LogP contribution in [0.1, 0.15) is 10.6 Å². The van der Waals surface area contributed by atoms with Crippen LogP contribution in [0.3, 0.4) is 0 Å². The van der Waals surface area contributed by atoms with Crippen molar-refractivity contribution in [2.75, 3.05) is 22.1 Å². The van der Waals surface area contributed by atoms with E-state index in [9.17, 15) is 14.4 Å². The molecule has 0 fully saturated rings. The normalized spacial score (nSPS) is 10.6. The lowest BCUT2D eigenvalue weighted by Crippen LogP contribution is -2.23. The van der Waals surface area contributed by atoms with Crippen LogP contribution in [0.5, 0.6) is 0 Å². The average Bonchev–Trinajstić information content (AvgIpc) is 3.09. The summed E-state index contributed by atoms with van der Waals surface area (Å²) in [6, 6.07) is 9.67. The van der Waals surface area contributed by atoms with Gasteiger partial charge < -0.3 is 20.8 Å². The Morgan fingerprint density at radius 1 is 1.28 bits per heavy atom. The second-order valence-corrected chi connectivity index (χ2v) is 7.72. The molecule has 2 amide bonds. The minimum atomic E-state index is -0.658. The summed E-state index contributed by atoms with van der Waals surface area (Å²) >= 11 is 9.93. The molecule has 29 heavy (non-hydrogen) atoms. The number of aromatic nitrogens is 2. The number of benzene rings is 1. The second kappa shape index (κ2) is 9.16. The molecule has 0 atom stereocenters. The van der Waals surface area contributed by atoms with Crippen LogP contribution in [-0.2, 0) is 4.79 Å². The second-order valence-electron chi connectivity index (χ2n) is 5.54. The number of nitrogens with two attached hydrogens (primary N) is 1. The zero-order valence-electron chi connectivity index (χ0n) is 14.5. The molecule has 2 aromatic heterocycles. The SMILES string of the molecule is Nc1nc(SCC(=O)Nc2cccc(Cl)c2)[nH]c(=O)c1NC(=O)c1ccc(Br)o1. The molecule has 0 aliphatic carbocycles. The fraction of sp³-hybridized carbons (Fsp3) is 0.0588. The fourth-order valence-electron chi connectivity index (χ4n) is 2.17. The first-order chi connectivity index (χ1) is 13.8. The number of hydrogen-bond acceptors (Lipinski definition) is 7. The van der Waals surface area contributed by atoms with Crippen molar-refractivity contribution >= 4 is 68.3 Å². The zero-order chi connectivity index (χ0) is 21.0. The van der Waals surface area contributed by atoms with Crippen molar-refractivity contribution in [2.24, 2.45) is 0 Å². The Labute approximate surface area is 181 Å². The average molecular weight is 499 g/mol. The molecule has 3 rings (SSSR count). The van der Waals surface area contributed by atoms with Crippen LogP contribution >= 0.6 is 39.3 Å². The van der Waals surface area contributed by atoms with Crippen molar-refractivity contribution in [1.29, 1.82) is 0 Å². The molecule has 0 aliphatic heterocycles. The summed E-state index contributed by atoms with van der Waals surface area (Å²) in [6.45, 7) is 0. The molecular formula is C17H13BrClN5O4S. The Morgan fingerprint density at radius 3 is 2.72 bits per heavy atom. The molecule has 0 bridgehead atoms. The standard InChI is InChI=1S/C17H13BrClN5O4S/c18-11-5-4-10(28-11)15(26)22-13-14(20)23-17(24-16(13)27)29-7-12(25)21-9-3-1-2-8(19)6-9/h1-6H,7H2,(H,21,25)(H,22,26)(H3,20,23,24,27). The van der Waals surface area contributed by atoms with Crippen LogP contribution in [0.25, 0.3) is 0 Å². The quantitative estimate of drug-likeness (QED) is 0.301. The van der Waals surface area contributed by atoms with Crippen molar-refractivity contribution < 1.29 is 14.0 Å². The zero-order valence-corrected chi connectivity index (χ0v) is 17.7. The minimum absolute atomic E-state index is 0.00758. The maximum atomic E-state index is 12.2. The van der Waals surface area contributed by atoms with Gasteiger partial charge in [0.2, 0.25) is 5.91 Å². The number of halogens is 2. The van der Waals surface area contributed by atoms with E-state index in [0.29, 0.717) is 15.4 Å². The molecule has 0 unspecified atom stereocenters. The van der Waals surface area contributed by atoms with Crippen LogP contribution in [0, 0.1) is 0 Å². The molecule has 2 heterocycles. The predicted octanol–water partition coefficient (Wildman–Crippen LogP) is 3.34. The lowest BCUT2D eigenvalue weighted by molar-refractivity contribution is -0.113. The number of nitrogens with zero attached hydrogens (tertiary/aromatic N) is 1. The lowest BCUT2D eigenvalue weighted by atomic mass is 10.3. The van der Waals surface area contributed by atoms with Gasteiger partial charge in [0.25, 0.3) is 11.5 Å². The van der Waals surface area contributed by atoms with Gasteiger partial charge in [-0.25, -0.2) is 4.98 Å². The molecular weight excluding hydrogens is 486 g/mol. The highest BCUT2D eigenvalue weighted by molar-refractivity contribution is 9.10. The molecule has 0 spiro atoms. The first-order valence-electron chi connectivity index (χ1n) is 7.96. The maximum Gasteiger partial charge on any atom is 0.291 e. The topological polar surface area (TPSA) is 143 Å². The van der Waals surface area contributed by atoms with Gasteiger partial charge >= 0.3 is 0 Å². The number of carbonyl (C=O) groups excluding carboxylic acids is 2. The van der Waals surface area contributed by atoms with E-state index >= 15 is 0 Å². The summed E-state index contributed by atoms with van der Waals surface area (Å²) in [4.78, 5) is 42.9. The highest BCUT2D eigenvalue weighted by Crippen LogP contribution is 2.20. The van der Waals surface area contributed by atoms with Gasteiger partial charge in [-0.1, -0.05) is 29.4 Å². The molecule has 3 aromatic rings. The van der Waals surface area contributed by atoms with Gasteiger partial charge in [-0.2, -0.15) is 0 Å². The molecule has 9 nitrogen and oxygen atoms in total. The van der Waals surface area contributed by atoms with Crippen molar-refractivity contribution in [3.63, 3.8) is 0 Å². The maximum absolute atomic E-state index is 12.2. The lowest BCUT2D eigenvalue weighted by Gasteiger charge is -2.08. The first-order valence-corrected chi connectivity index (χ1v) is 10.1. The number of H-pyrrole nitrogens is 1. The van der Waals surface area contributed by atoms with Crippen molar-refractivity contribution in [2.45, 2.75) is 5.16 Å². The Kier molecular flexibility index (Phi) is 6.62. The van der Waals surface area contributed by atoms with E-state index in [1.54, 1.807) is 24.3 Å². The molecule has 12 heteroatoms. The third-order valence-electron chi connectivity index (χ3n) is 3.41. The number of nitrogens with one attached hydrogen (secondary N) is 3. The highest BCUT2D eigenvalue weighted by Gasteiger charge is 2.17. The summed E-state index contributed by atoms with van der Waals surface area (Å²) in [5.41, 5.74) is 5.46. The van der Waals surface area contributed by atoms with Crippen LogP contribution in [-0.4, -0.2) is 27.5 Å². The third kappa shape index (κ3) is 5.62. The molecule has 0 aliphatic rings. The van der Waals surface area contributed by atoms with E-state index in [2.05, 4.69) is 36.5 Å². The van der Waals surface area contributed by atoms with E-state index in [1.165, 1.54) is 12.1 Å². The van der Waals surface area contributed by atoms with Crippen molar-refractivity contribution in [3.8, 4) is 0 Å². The van der Waals surface area contributed by atoms with Crippen molar-refractivity contribution in [1.82, 2.24) is 9.97 Å². The number of carbonyl (C=O) groups is 2. The highest BCUT2D eigenvalue weighted by atomic mass is 79.9. The van der Waals surface area contributed by atoms with Gasteiger partial charge in [0, 0.05) is 10.7 Å². The molecule has 5 N–H and O–H groups in total. The van der Waals surface area contributed by atoms with Gasteiger partial charge in [0.05, 0.1) is 5.75 Å². The fourth-order valence-corrected chi connectivity index (χ4v) is 3.33. The number of thioether (sulfide) groups is 1. The predicted molar refractivity (Wildman–Crippen MR) is 114 cm³/mol. The Balaban J connectivity index is 1.63. The van der Waals surface area contributed by atoms with E-state index in [4.69, 9.17) is 21.8 Å². The smallest absolute Gasteiger partial charge is 0.291 e. The van der Waals surface area contributed by atoms with Gasteiger partial charge in [-0.15, -0.1) is 0 Å². The summed E-state index contributed by atoms with van der Waals surface area (Å²) in [7, 11) is 0. The van der Waals surface area contributed by atoms with E-state index in [1.807, 2.05) is 0 Å². The molecule has 0 saturated carbocycles. The van der Waals surface area contributed by atoms with Crippen LogP contribution in [0.4, 0.5) is 17.2 Å². The van der Waals surface area contributed by atoms with Gasteiger partial charge in [0.15, 0.2) is 27.1 Å². The minimum Gasteiger partial charge on any atom is -0.444 e. The Hall–Kier alpha value is -2.76. The molecule has 150 valence electrons. The monoisotopic (exact) mass is 497 g/mol. The van der Waals surface area contributed by atoms with E-state index in [0.717, 1.165) is 11.8 Å². The van der Waals surface area contributed by atoms with Gasteiger partial charge in [-0.3, -0.25) is 19.4 Å². The van der Waals surface area contributed by atoms with Crippen LogP contribution in [0.2, 0.25) is 5.02 Å². The number of aromatic amines is 1. The number of amides is 2. The van der Waals surface area contributed by atoms with Gasteiger partial charge in [0.1, 0.15) is 0 Å². The van der Waals surface area contributed by atoms with E-state index in [-0.39, 0.29) is 34.1 Å². The summed E-state index contributed by atoms with van der Waals surface area (Å²) in [6.07, 6.45) is 0. The number of rotatable bonds is 6. The first kappa shape index (κ1) is 21.0. The van der Waals surface area contributed by atoms with Crippen molar-refractivity contribution in [3.05, 3.63) is 62.2 Å². The van der Waals surface area contributed by atoms with Gasteiger partial charge in [-0.05, 0) is 46.3 Å². The molecule has 0 radical (unpaired) electrons. The van der Waals surface area contributed by atoms with Crippen LogP contribution < -0.4 is 21.9 Å². The molecule has 0 saturated heterocycles. The summed E-state index contributed by atoms with van der Waals surface area (Å²) < 4.78 is 5.48. The Bertz CT molecular complexity index is 1130. The van der Waals surface area contributed by atoms with Crippen LogP contribution in [0.15, 0.2) is 55.4 Å². The largest absolute Gasteiger partial charge is 0.444 e. The number of nitrogen functional groups attached to an aromatic ring is 1. The summed E-state index contributed by atoms with van der Waals surface area (Å²) in [5.74, 6) is -1.20. The third-order valence-corrected chi connectivity index (χ3v) is 4.94. The van der Waals surface area contributed by atoms with E-state index < -0.39 is 11.5 Å². The Morgan fingerprint density at radius 2 is 2.07 bits per heavy atom. The molecule has 1 aromatic carbocycles. The number of anilines is 3. The summed E-state index contributed by atoms with van der Waals surface area (Å²) in [5, 5.41) is 5.65. The number of hydrogen-bond donors (Lipinski definition) is 4. The number of furan rings is 1.